The van der Waals surface area contributed by atoms with E-state index < -0.39 is 12.2 Å². The van der Waals surface area contributed by atoms with E-state index in [2.05, 4.69) is 15.2 Å². The number of alkyl halides is 3. The molecule has 2 rings (SSSR count). The van der Waals surface area contributed by atoms with Crippen molar-refractivity contribution in [3.63, 3.8) is 0 Å². The summed E-state index contributed by atoms with van der Waals surface area (Å²) in [5.41, 5.74) is 0. The molecule has 1 aliphatic heterocycles. The highest BCUT2D eigenvalue weighted by Gasteiger charge is 2.41. The molecule has 0 aromatic carbocycles. The molecule has 2 fully saturated rings. The van der Waals surface area contributed by atoms with E-state index in [1.165, 1.54) is 18.2 Å². The van der Waals surface area contributed by atoms with Crippen LogP contribution in [0.2, 0.25) is 0 Å². The number of guanidine groups is 1. The second-order valence-electron chi connectivity index (χ2n) is 5.81. The molecule has 22 heavy (non-hydrogen) atoms. The molecule has 1 aliphatic carbocycles. The molecular formula is C14H26F3IN4. The summed E-state index contributed by atoms with van der Waals surface area (Å²) in [6.45, 7) is 5.95. The van der Waals surface area contributed by atoms with Gasteiger partial charge in [0.2, 0.25) is 0 Å². The molecular weight excluding hydrogens is 408 g/mol. The minimum Gasteiger partial charge on any atom is -0.354 e. The van der Waals surface area contributed by atoms with Crippen LogP contribution < -0.4 is 5.32 Å². The van der Waals surface area contributed by atoms with Gasteiger partial charge in [0, 0.05) is 38.8 Å². The summed E-state index contributed by atoms with van der Waals surface area (Å²) in [4.78, 5) is 8.07. The molecule has 0 radical (unpaired) electrons. The van der Waals surface area contributed by atoms with Crippen molar-refractivity contribution in [2.75, 3.05) is 32.7 Å². The zero-order chi connectivity index (χ0) is 15.5. The molecule has 0 aromatic heterocycles. The van der Waals surface area contributed by atoms with Crippen LogP contribution in [0.3, 0.4) is 0 Å². The van der Waals surface area contributed by atoms with E-state index >= 15 is 0 Å². The highest BCUT2D eigenvalue weighted by atomic mass is 127. The molecule has 0 amide bonds. The molecule has 1 N–H and O–H groups in total. The molecule has 1 atom stereocenters. The van der Waals surface area contributed by atoms with Crippen LogP contribution in [0.4, 0.5) is 13.2 Å². The van der Waals surface area contributed by atoms with Crippen LogP contribution in [-0.4, -0.2) is 66.7 Å². The van der Waals surface area contributed by atoms with Crippen molar-refractivity contribution in [3.05, 3.63) is 0 Å². The Hall–Kier alpha value is -0.250. The van der Waals surface area contributed by atoms with Crippen molar-refractivity contribution in [2.45, 2.75) is 51.4 Å². The first kappa shape index (κ1) is 19.8. The first-order valence-electron chi connectivity index (χ1n) is 7.78. The fourth-order valence-electron chi connectivity index (χ4n) is 2.65. The Morgan fingerprint density at radius 1 is 1.23 bits per heavy atom. The maximum absolute atomic E-state index is 12.7. The average molecular weight is 434 g/mol. The van der Waals surface area contributed by atoms with Gasteiger partial charge < -0.3 is 10.2 Å². The Bertz CT molecular complexity index is 364. The van der Waals surface area contributed by atoms with Crippen molar-refractivity contribution >= 4 is 29.9 Å². The summed E-state index contributed by atoms with van der Waals surface area (Å²) in [6, 6.07) is -0.881. The molecule has 130 valence electrons. The Balaban J connectivity index is 0.00000242. The van der Waals surface area contributed by atoms with Crippen molar-refractivity contribution < 1.29 is 13.2 Å². The molecule has 1 saturated heterocycles. The maximum atomic E-state index is 12.7. The van der Waals surface area contributed by atoms with E-state index in [0.29, 0.717) is 38.8 Å². The van der Waals surface area contributed by atoms with Crippen LogP contribution in [0.1, 0.15) is 33.1 Å². The number of piperazine rings is 1. The van der Waals surface area contributed by atoms with E-state index in [1.807, 2.05) is 6.92 Å². The summed E-state index contributed by atoms with van der Waals surface area (Å²) < 4.78 is 38.2. The third kappa shape index (κ3) is 5.14. The first-order valence-corrected chi connectivity index (χ1v) is 7.78. The van der Waals surface area contributed by atoms with Gasteiger partial charge in [0.25, 0.3) is 0 Å². The minimum absolute atomic E-state index is 0. The zero-order valence-corrected chi connectivity index (χ0v) is 15.5. The quantitative estimate of drug-likeness (QED) is 0.421. The van der Waals surface area contributed by atoms with Gasteiger partial charge in [-0.1, -0.05) is 0 Å². The molecule has 8 heteroatoms. The Labute approximate surface area is 147 Å². The number of halogens is 4. The molecule has 0 spiro atoms. The number of rotatable bonds is 3. The lowest BCUT2D eigenvalue weighted by Gasteiger charge is -2.41. The van der Waals surface area contributed by atoms with E-state index in [1.54, 1.807) is 0 Å². The molecule has 1 heterocycles. The van der Waals surface area contributed by atoms with E-state index in [0.717, 1.165) is 18.8 Å². The summed E-state index contributed by atoms with van der Waals surface area (Å²) in [5.74, 6) is 0.863. The number of aliphatic imine (C=N–C) groups is 1. The Kier molecular flexibility index (Phi) is 7.70. The van der Waals surface area contributed by atoms with Crippen LogP contribution in [0, 0.1) is 0 Å². The van der Waals surface area contributed by atoms with Crippen molar-refractivity contribution in [3.8, 4) is 0 Å². The topological polar surface area (TPSA) is 30.9 Å². The van der Waals surface area contributed by atoms with Crippen LogP contribution in [0.15, 0.2) is 4.99 Å². The van der Waals surface area contributed by atoms with Crippen molar-refractivity contribution in [1.29, 1.82) is 0 Å². The summed E-state index contributed by atoms with van der Waals surface area (Å²) in [7, 11) is 0. The highest BCUT2D eigenvalue weighted by Crippen LogP contribution is 2.25. The van der Waals surface area contributed by atoms with Crippen molar-refractivity contribution in [1.82, 2.24) is 15.1 Å². The van der Waals surface area contributed by atoms with Gasteiger partial charge >= 0.3 is 6.18 Å². The summed E-state index contributed by atoms with van der Waals surface area (Å²) in [6.07, 6.45) is -0.581. The summed E-state index contributed by atoms with van der Waals surface area (Å²) >= 11 is 0. The minimum atomic E-state index is -4.15. The van der Waals surface area contributed by atoms with Crippen molar-refractivity contribution in [2.24, 2.45) is 4.99 Å². The molecule has 1 saturated carbocycles. The second-order valence-corrected chi connectivity index (χ2v) is 5.81. The van der Waals surface area contributed by atoms with Gasteiger partial charge in [0.15, 0.2) is 5.96 Å². The number of hydrogen-bond acceptors (Lipinski definition) is 2. The standard InChI is InChI=1S/C14H25F3N4.HI/c1-3-18-13(19-12-5-4-6-12)21-9-7-20(8-10-21)11(2)14(15,16)17;/h11-12H,3-10H2,1-2H3,(H,18,19);1H. The smallest absolute Gasteiger partial charge is 0.354 e. The lowest BCUT2D eigenvalue weighted by Crippen LogP contribution is -2.58. The molecule has 4 nitrogen and oxygen atoms in total. The summed E-state index contributed by atoms with van der Waals surface area (Å²) in [5, 5.41) is 3.43. The normalized spacial score (nSPS) is 22.8. The first-order chi connectivity index (χ1) is 9.91. The molecule has 2 aliphatic rings. The largest absolute Gasteiger partial charge is 0.403 e. The van der Waals surface area contributed by atoms with Gasteiger partial charge in [-0.15, -0.1) is 24.0 Å². The SMILES string of the molecule is CCN=C(NC1CCC1)N1CCN(C(C)C(F)(F)F)CC1.I. The van der Waals surface area contributed by atoms with Crippen LogP contribution in [-0.2, 0) is 0 Å². The predicted molar refractivity (Wildman–Crippen MR) is 92.8 cm³/mol. The lowest BCUT2D eigenvalue weighted by molar-refractivity contribution is -0.181. The third-order valence-electron chi connectivity index (χ3n) is 4.38. The molecule has 0 aromatic rings. The Morgan fingerprint density at radius 3 is 2.23 bits per heavy atom. The fourth-order valence-corrected chi connectivity index (χ4v) is 2.65. The number of nitrogens with one attached hydrogen (secondary N) is 1. The monoisotopic (exact) mass is 434 g/mol. The second kappa shape index (κ2) is 8.56. The van der Waals surface area contributed by atoms with Gasteiger partial charge in [-0.25, -0.2) is 0 Å². The maximum Gasteiger partial charge on any atom is 0.403 e. The van der Waals surface area contributed by atoms with E-state index in [4.69, 9.17) is 0 Å². The molecule has 1 unspecified atom stereocenters. The van der Waals surface area contributed by atoms with Gasteiger partial charge in [-0.2, -0.15) is 13.2 Å². The van der Waals surface area contributed by atoms with Crippen LogP contribution >= 0.6 is 24.0 Å². The number of nitrogens with zero attached hydrogens (tertiary/aromatic N) is 3. The average Bonchev–Trinajstić information content (AvgIpc) is 2.40. The van der Waals surface area contributed by atoms with Gasteiger partial charge in [-0.3, -0.25) is 9.89 Å². The van der Waals surface area contributed by atoms with Crippen LogP contribution in [0.5, 0.6) is 0 Å². The van der Waals surface area contributed by atoms with E-state index in [-0.39, 0.29) is 24.0 Å². The number of hydrogen-bond donors (Lipinski definition) is 1. The van der Waals surface area contributed by atoms with Gasteiger partial charge in [0.1, 0.15) is 6.04 Å². The fraction of sp³-hybridized carbons (Fsp3) is 0.929. The van der Waals surface area contributed by atoms with E-state index in [9.17, 15) is 13.2 Å². The molecule has 0 bridgehead atoms. The lowest BCUT2D eigenvalue weighted by atomic mass is 9.93. The zero-order valence-electron chi connectivity index (χ0n) is 13.2. The third-order valence-corrected chi connectivity index (χ3v) is 4.38. The van der Waals surface area contributed by atoms with Gasteiger partial charge in [0.05, 0.1) is 0 Å². The van der Waals surface area contributed by atoms with Crippen LogP contribution in [0.25, 0.3) is 0 Å². The highest BCUT2D eigenvalue weighted by molar-refractivity contribution is 14.0. The Morgan fingerprint density at radius 2 is 1.82 bits per heavy atom. The predicted octanol–water partition coefficient (Wildman–Crippen LogP) is 2.69. The van der Waals surface area contributed by atoms with Gasteiger partial charge in [-0.05, 0) is 33.1 Å².